The van der Waals surface area contributed by atoms with Crippen molar-refractivity contribution in [1.29, 1.82) is 0 Å². The maximum atomic E-state index is 11.8. The van der Waals surface area contributed by atoms with Crippen LogP contribution in [0.25, 0.3) is 11.0 Å². The van der Waals surface area contributed by atoms with Crippen LogP contribution in [-0.2, 0) is 4.74 Å². The smallest absolute Gasteiger partial charge is 0.340 e. The van der Waals surface area contributed by atoms with Gasteiger partial charge in [0, 0.05) is 18.1 Å². The monoisotopic (exact) mass is 289 g/mol. The molecule has 0 saturated heterocycles. The Kier molecular flexibility index (Phi) is 3.32. The number of hydrogen-bond donors (Lipinski definition) is 1. The second-order valence-electron chi connectivity index (χ2n) is 5.24. The number of benzene rings is 1. The molecule has 7 heteroatoms. The van der Waals surface area contributed by atoms with Crippen LogP contribution in [0.3, 0.4) is 0 Å². The molecule has 1 N–H and O–H groups in total. The number of carbonyl (C=O) groups excluding carboxylic acids is 1. The minimum atomic E-state index is -0.617. The zero-order chi connectivity index (χ0) is 15.0. The molecule has 110 valence electrons. The van der Waals surface area contributed by atoms with E-state index in [1.54, 1.807) is 0 Å². The SMILES string of the molecule is COC(=O)c1cc([N+](=O)[O-])cc2[nH]c(C3CCCC3)nc12. The Morgan fingerprint density at radius 3 is 2.76 bits per heavy atom. The zero-order valence-electron chi connectivity index (χ0n) is 11.6. The fourth-order valence-electron chi connectivity index (χ4n) is 2.88. The second kappa shape index (κ2) is 5.16. The van der Waals surface area contributed by atoms with E-state index < -0.39 is 10.9 Å². The standard InChI is InChI=1S/C14H15N3O4/c1-21-14(18)10-6-9(17(19)20)7-11-12(10)16-13(15-11)8-4-2-3-5-8/h6-8H,2-5H2,1H3,(H,15,16). The van der Waals surface area contributed by atoms with Gasteiger partial charge in [-0.05, 0) is 12.8 Å². The van der Waals surface area contributed by atoms with E-state index in [0.29, 0.717) is 17.0 Å². The lowest BCUT2D eigenvalue weighted by Gasteiger charge is -2.02. The molecule has 21 heavy (non-hydrogen) atoms. The van der Waals surface area contributed by atoms with Gasteiger partial charge in [0.05, 0.1) is 23.1 Å². The number of aromatic nitrogens is 2. The van der Waals surface area contributed by atoms with Gasteiger partial charge >= 0.3 is 5.97 Å². The summed E-state index contributed by atoms with van der Waals surface area (Å²) in [5.41, 5.74) is 0.924. The normalized spacial score (nSPS) is 15.5. The van der Waals surface area contributed by atoms with Crippen LogP contribution in [0, 0.1) is 10.1 Å². The number of imidazole rings is 1. The number of nitro benzene ring substituents is 1. The van der Waals surface area contributed by atoms with Gasteiger partial charge < -0.3 is 9.72 Å². The van der Waals surface area contributed by atoms with Gasteiger partial charge in [-0.2, -0.15) is 0 Å². The summed E-state index contributed by atoms with van der Waals surface area (Å²) < 4.78 is 4.70. The van der Waals surface area contributed by atoms with Gasteiger partial charge in [0.15, 0.2) is 0 Å². The van der Waals surface area contributed by atoms with Crippen LogP contribution in [0.15, 0.2) is 12.1 Å². The lowest BCUT2D eigenvalue weighted by molar-refractivity contribution is -0.384. The van der Waals surface area contributed by atoms with Crippen LogP contribution in [0.5, 0.6) is 0 Å². The highest BCUT2D eigenvalue weighted by molar-refractivity contribution is 6.03. The van der Waals surface area contributed by atoms with Crippen LogP contribution < -0.4 is 0 Å². The number of H-pyrrole nitrogens is 1. The fraction of sp³-hybridized carbons (Fsp3) is 0.429. The Bertz CT molecular complexity index is 716. The van der Waals surface area contributed by atoms with Crippen molar-refractivity contribution in [2.75, 3.05) is 7.11 Å². The number of carbonyl (C=O) groups is 1. The summed E-state index contributed by atoms with van der Waals surface area (Å²) in [7, 11) is 1.25. The molecule has 1 fully saturated rings. The maximum absolute atomic E-state index is 11.8. The van der Waals surface area contributed by atoms with E-state index in [0.717, 1.165) is 31.5 Å². The molecule has 1 aliphatic carbocycles. The van der Waals surface area contributed by atoms with Crippen LogP contribution >= 0.6 is 0 Å². The second-order valence-corrected chi connectivity index (χ2v) is 5.24. The van der Waals surface area contributed by atoms with Crippen LogP contribution in [0.1, 0.15) is 47.8 Å². The molecule has 0 atom stereocenters. The summed E-state index contributed by atoms with van der Waals surface area (Å²) in [4.78, 5) is 29.9. The molecule has 0 amide bonds. The number of aromatic amines is 1. The molecule has 0 radical (unpaired) electrons. The Labute approximate surface area is 120 Å². The number of rotatable bonds is 3. The minimum absolute atomic E-state index is 0.127. The fourth-order valence-corrected chi connectivity index (χ4v) is 2.88. The zero-order valence-corrected chi connectivity index (χ0v) is 11.6. The molecule has 7 nitrogen and oxygen atoms in total. The summed E-state index contributed by atoms with van der Waals surface area (Å²) in [5.74, 6) is 0.517. The number of nitro groups is 1. The predicted molar refractivity (Wildman–Crippen MR) is 75.3 cm³/mol. The number of fused-ring (bicyclic) bond motifs is 1. The average molecular weight is 289 g/mol. The number of nitrogens with zero attached hydrogens (tertiary/aromatic N) is 2. The van der Waals surface area contributed by atoms with Gasteiger partial charge in [0.1, 0.15) is 11.3 Å². The number of methoxy groups -OCH3 is 1. The minimum Gasteiger partial charge on any atom is -0.465 e. The van der Waals surface area contributed by atoms with Crippen molar-refractivity contribution >= 4 is 22.7 Å². The molecule has 0 unspecified atom stereocenters. The molecular weight excluding hydrogens is 274 g/mol. The quantitative estimate of drug-likeness (QED) is 0.532. The Hall–Kier alpha value is -2.44. The van der Waals surface area contributed by atoms with E-state index in [9.17, 15) is 14.9 Å². The summed E-state index contributed by atoms with van der Waals surface area (Å²) in [6, 6.07) is 2.63. The number of nitrogens with one attached hydrogen (secondary N) is 1. The van der Waals surface area contributed by atoms with Crippen molar-refractivity contribution in [3.05, 3.63) is 33.6 Å². The first-order chi connectivity index (χ1) is 10.1. The highest BCUT2D eigenvalue weighted by Gasteiger charge is 2.24. The molecule has 0 spiro atoms. The summed E-state index contributed by atoms with van der Waals surface area (Å²) in [6.07, 6.45) is 4.42. The van der Waals surface area contributed by atoms with Crippen LogP contribution in [0.2, 0.25) is 0 Å². The third-order valence-electron chi connectivity index (χ3n) is 3.95. The molecule has 1 aromatic carbocycles. The number of non-ortho nitro benzene ring substituents is 1. The molecule has 0 bridgehead atoms. The van der Waals surface area contributed by atoms with Crippen molar-refractivity contribution in [3.63, 3.8) is 0 Å². The van der Waals surface area contributed by atoms with Crippen molar-refractivity contribution < 1.29 is 14.5 Å². The van der Waals surface area contributed by atoms with Gasteiger partial charge in [0.25, 0.3) is 5.69 Å². The third-order valence-corrected chi connectivity index (χ3v) is 3.95. The largest absolute Gasteiger partial charge is 0.465 e. The Morgan fingerprint density at radius 2 is 2.14 bits per heavy atom. The van der Waals surface area contributed by atoms with E-state index in [2.05, 4.69) is 9.97 Å². The first-order valence-electron chi connectivity index (χ1n) is 6.86. The van der Waals surface area contributed by atoms with E-state index in [-0.39, 0.29) is 11.3 Å². The van der Waals surface area contributed by atoms with Gasteiger partial charge in [-0.3, -0.25) is 10.1 Å². The molecule has 1 aromatic heterocycles. The molecule has 2 aromatic rings. The molecule has 3 rings (SSSR count). The van der Waals surface area contributed by atoms with E-state index in [1.807, 2.05) is 0 Å². The summed E-state index contributed by atoms with van der Waals surface area (Å²) in [5, 5.41) is 11.0. The van der Waals surface area contributed by atoms with E-state index in [4.69, 9.17) is 4.74 Å². The lowest BCUT2D eigenvalue weighted by atomic mass is 10.1. The summed E-state index contributed by atoms with van der Waals surface area (Å²) in [6.45, 7) is 0. The van der Waals surface area contributed by atoms with Gasteiger partial charge in [0.2, 0.25) is 0 Å². The first-order valence-corrected chi connectivity index (χ1v) is 6.86. The molecule has 1 saturated carbocycles. The highest BCUT2D eigenvalue weighted by atomic mass is 16.6. The van der Waals surface area contributed by atoms with Gasteiger partial charge in [-0.15, -0.1) is 0 Å². The van der Waals surface area contributed by atoms with Crippen molar-refractivity contribution in [2.24, 2.45) is 0 Å². The first kappa shape index (κ1) is 13.5. The highest BCUT2D eigenvalue weighted by Crippen LogP contribution is 2.34. The van der Waals surface area contributed by atoms with Crippen molar-refractivity contribution in [2.45, 2.75) is 31.6 Å². The van der Waals surface area contributed by atoms with Gasteiger partial charge in [-0.1, -0.05) is 12.8 Å². The molecular formula is C14H15N3O4. The number of ether oxygens (including phenoxy) is 1. The lowest BCUT2D eigenvalue weighted by Crippen LogP contribution is -2.03. The van der Waals surface area contributed by atoms with Crippen molar-refractivity contribution in [3.8, 4) is 0 Å². The van der Waals surface area contributed by atoms with Crippen LogP contribution in [0.4, 0.5) is 5.69 Å². The average Bonchev–Trinajstić information content (AvgIpc) is 3.13. The molecule has 1 heterocycles. The maximum Gasteiger partial charge on any atom is 0.340 e. The number of esters is 1. The topological polar surface area (TPSA) is 98.1 Å². The third kappa shape index (κ3) is 2.35. The van der Waals surface area contributed by atoms with E-state index >= 15 is 0 Å². The Morgan fingerprint density at radius 1 is 1.43 bits per heavy atom. The molecule has 1 aliphatic rings. The van der Waals surface area contributed by atoms with E-state index in [1.165, 1.54) is 19.2 Å². The molecule has 0 aliphatic heterocycles. The number of hydrogen-bond acceptors (Lipinski definition) is 5. The predicted octanol–water partition coefficient (Wildman–Crippen LogP) is 2.92. The van der Waals surface area contributed by atoms with Crippen molar-refractivity contribution in [1.82, 2.24) is 9.97 Å². The van der Waals surface area contributed by atoms with Gasteiger partial charge in [-0.25, -0.2) is 9.78 Å². The Balaban J connectivity index is 2.16. The summed E-state index contributed by atoms with van der Waals surface area (Å²) >= 11 is 0. The van der Waals surface area contributed by atoms with Crippen LogP contribution in [-0.4, -0.2) is 28.0 Å².